The number of aliphatic hydroxyl groups is 1. The number of aromatic nitrogens is 4. The van der Waals surface area contributed by atoms with Crippen LogP contribution in [-0.4, -0.2) is 37.5 Å². The van der Waals surface area contributed by atoms with Crippen molar-refractivity contribution in [2.24, 2.45) is 0 Å². The molecule has 7 nitrogen and oxygen atoms in total. The summed E-state index contributed by atoms with van der Waals surface area (Å²) in [7, 11) is 1.78. The molecule has 20 heavy (non-hydrogen) atoms. The molecule has 0 aliphatic heterocycles. The highest BCUT2D eigenvalue weighted by molar-refractivity contribution is 6.32. The Hall–Kier alpha value is -1.86. The van der Waals surface area contributed by atoms with Gasteiger partial charge in [0.05, 0.1) is 24.0 Å². The molecule has 2 aromatic rings. The fourth-order valence-electron chi connectivity index (χ4n) is 1.64. The van der Waals surface area contributed by atoms with Gasteiger partial charge in [0.2, 0.25) is 5.95 Å². The van der Waals surface area contributed by atoms with E-state index in [9.17, 15) is 5.11 Å². The quantitative estimate of drug-likeness (QED) is 0.781. The van der Waals surface area contributed by atoms with Gasteiger partial charge in [-0.15, -0.1) is 0 Å². The molecule has 0 amide bonds. The smallest absolute Gasteiger partial charge is 0.229 e. The van der Waals surface area contributed by atoms with E-state index < -0.39 is 5.60 Å². The summed E-state index contributed by atoms with van der Waals surface area (Å²) in [5, 5.41) is 20.1. The molecule has 0 fully saturated rings. The van der Waals surface area contributed by atoms with Crippen LogP contribution in [0.15, 0.2) is 18.5 Å². The Morgan fingerprint density at radius 1 is 1.45 bits per heavy atom. The van der Waals surface area contributed by atoms with Gasteiger partial charge in [0.15, 0.2) is 5.15 Å². The second kappa shape index (κ2) is 5.64. The van der Waals surface area contributed by atoms with Gasteiger partial charge < -0.3 is 15.7 Å². The molecule has 0 aliphatic rings. The van der Waals surface area contributed by atoms with Crippen LogP contribution in [0.25, 0.3) is 0 Å². The van der Waals surface area contributed by atoms with Gasteiger partial charge in [-0.2, -0.15) is 10.1 Å². The molecule has 0 aromatic carbocycles. The van der Waals surface area contributed by atoms with Crippen LogP contribution in [-0.2, 0) is 6.54 Å². The van der Waals surface area contributed by atoms with Gasteiger partial charge in [-0.1, -0.05) is 11.6 Å². The maximum absolute atomic E-state index is 9.77. The third-order valence-electron chi connectivity index (χ3n) is 2.42. The van der Waals surface area contributed by atoms with Crippen LogP contribution in [0.2, 0.25) is 5.15 Å². The molecule has 0 saturated carbocycles. The first-order chi connectivity index (χ1) is 9.37. The van der Waals surface area contributed by atoms with Gasteiger partial charge in [0.25, 0.3) is 0 Å². The molecule has 0 bridgehead atoms. The number of hydrogen-bond donors (Lipinski definition) is 3. The number of nitrogens with zero attached hydrogens (tertiary/aromatic N) is 4. The average molecular weight is 297 g/mol. The van der Waals surface area contributed by atoms with Crippen molar-refractivity contribution in [3.63, 3.8) is 0 Å². The van der Waals surface area contributed by atoms with E-state index >= 15 is 0 Å². The summed E-state index contributed by atoms with van der Waals surface area (Å²) < 4.78 is 1.58. The van der Waals surface area contributed by atoms with Gasteiger partial charge >= 0.3 is 0 Å². The molecule has 0 unspecified atom stereocenters. The van der Waals surface area contributed by atoms with Crippen LogP contribution >= 0.6 is 11.6 Å². The Kier molecular flexibility index (Phi) is 4.10. The van der Waals surface area contributed by atoms with Crippen molar-refractivity contribution in [2.45, 2.75) is 26.0 Å². The fraction of sp³-hybridized carbons (Fsp3) is 0.417. The van der Waals surface area contributed by atoms with E-state index in [1.54, 1.807) is 44.0 Å². The Morgan fingerprint density at radius 2 is 2.20 bits per heavy atom. The Balaban J connectivity index is 2.17. The Bertz CT molecular complexity index is 592. The normalized spacial score (nSPS) is 11.4. The van der Waals surface area contributed by atoms with Gasteiger partial charge in [-0.25, -0.2) is 4.98 Å². The van der Waals surface area contributed by atoms with Crippen molar-refractivity contribution >= 4 is 29.1 Å². The highest BCUT2D eigenvalue weighted by Crippen LogP contribution is 2.23. The van der Waals surface area contributed by atoms with E-state index in [0.29, 0.717) is 29.2 Å². The zero-order valence-electron chi connectivity index (χ0n) is 11.6. The summed E-state index contributed by atoms with van der Waals surface area (Å²) in [4.78, 5) is 8.33. The monoisotopic (exact) mass is 296 g/mol. The molecule has 2 rings (SSSR count). The maximum Gasteiger partial charge on any atom is 0.229 e. The number of hydrogen-bond acceptors (Lipinski definition) is 6. The summed E-state index contributed by atoms with van der Waals surface area (Å²) in [6, 6.07) is 1.75. The molecule has 0 atom stereocenters. The minimum Gasteiger partial charge on any atom is -0.389 e. The molecular weight excluding hydrogens is 280 g/mol. The van der Waals surface area contributed by atoms with Crippen LogP contribution in [0, 0.1) is 0 Å². The van der Waals surface area contributed by atoms with Crippen LogP contribution in [0.1, 0.15) is 13.8 Å². The predicted molar refractivity (Wildman–Crippen MR) is 78.4 cm³/mol. The molecular formula is C12H17ClN6O. The van der Waals surface area contributed by atoms with Crippen molar-refractivity contribution in [3.8, 4) is 0 Å². The third-order valence-corrected chi connectivity index (χ3v) is 2.70. The van der Waals surface area contributed by atoms with Gasteiger partial charge in [-0.05, 0) is 19.9 Å². The minimum absolute atomic E-state index is 0.299. The van der Waals surface area contributed by atoms with E-state index in [2.05, 4.69) is 25.7 Å². The minimum atomic E-state index is -0.866. The number of halogens is 1. The lowest BCUT2D eigenvalue weighted by molar-refractivity contribution is 0.0578. The van der Waals surface area contributed by atoms with Crippen molar-refractivity contribution < 1.29 is 5.11 Å². The van der Waals surface area contributed by atoms with E-state index in [1.807, 2.05) is 0 Å². The summed E-state index contributed by atoms with van der Waals surface area (Å²) in [6.45, 7) is 3.75. The third kappa shape index (κ3) is 3.82. The fourth-order valence-corrected chi connectivity index (χ4v) is 1.83. The van der Waals surface area contributed by atoms with Gasteiger partial charge in [0.1, 0.15) is 5.82 Å². The van der Waals surface area contributed by atoms with Gasteiger partial charge in [-0.3, -0.25) is 4.68 Å². The zero-order chi connectivity index (χ0) is 14.8. The average Bonchev–Trinajstić information content (AvgIpc) is 2.67. The van der Waals surface area contributed by atoms with Crippen LogP contribution in [0.5, 0.6) is 0 Å². The largest absolute Gasteiger partial charge is 0.389 e. The maximum atomic E-state index is 9.77. The molecule has 108 valence electrons. The van der Waals surface area contributed by atoms with E-state index in [-0.39, 0.29) is 0 Å². The molecule has 0 aliphatic carbocycles. The topological polar surface area (TPSA) is 87.9 Å². The van der Waals surface area contributed by atoms with Crippen LogP contribution in [0.4, 0.5) is 17.5 Å². The highest BCUT2D eigenvalue weighted by Gasteiger charge is 2.16. The van der Waals surface area contributed by atoms with E-state index in [0.717, 1.165) is 0 Å². The lowest BCUT2D eigenvalue weighted by Crippen LogP contribution is -2.26. The Labute approximate surface area is 122 Å². The second-order valence-corrected chi connectivity index (χ2v) is 5.34. The molecule has 0 radical (unpaired) electrons. The SMILES string of the molecule is CNc1ccnc(Nc2cn(CC(C)(C)O)nc2Cl)n1. The first-order valence-electron chi connectivity index (χ1n) is 6.10. The summed E-state index contributed by atoms with van der Waals surface area (Å²) in [5.74, 6) is 1.11. The second-order valence-electron chi connectivity index (χ2n) is 4.98. The summed E-state index contributed by atoms with van der Waals surface area (Å²) in [6.07, 6.45) is 3.34. The van der Waals surface area contributed by atoms with Gasteiger partial charge in [0, 0.05) is 13.2 Å². The summed E-state index contributed by atoms with van der Waals surface area (Å²) in [5.41, 5.74) is -0.279. The Morgan fingerprint density at radius 3 is 2.85 bits per heavy atom. The lowest BCUT2D eigenvalue weighted by atomic mass is 10.1. The number of anilines is 3. The van der Waals surface area contributed by atoms with Crippen LogP contribution in [0.3, 0.4) is 0 Å². The van der Waals surface area contributed by atoms with Crippen molar-refractivity contribution in [2.75, 3.05) is 17.7 Å². The number of rotatable bonds is 5. The molecule has 8 heteroatoms. The standard InChI is InChI=1S/C12H17ClN6O/c1-12(2,20)7-19-6-8(10(13)18-19)16-11-15-5-4-9(14-3)17-11/h4-6,20H,7H2,1-3H3,(H2,14,15,16,17). The van der Waals surface area contributed by atoms with Crippen molar-refractivity contribution in [1.82, 2.24) is 19.7 Å². The number of nitrogens with one attached hydrogen (secondary N) is 2. The lowest BCUT2D eigenvalue weighted by Gasteiger charge is -2.16. The van der Waals surface area contributed by atoms with E-state index in [1.165, 1.54) is 0 Å². The molecule has 2 heterocycles. The zero-order valence-corrected chi connectivity index (χ0v) is 12.3. The van der Waals surface area contributed by atoms with Crippen molar-refractivity contribution in [1.29, 1.82) is 0 Å². The molecule has 3 N–H and O–H groups in total. The molecule has 0 spiro atoms. The molecule has 2 aromatic heterocycles. The van der Waals surface area contributed by atoms with Crippen molar-refractivity contribution in [3.05, 3.63) is 23.6 Å². The van der Waals surface area contributed by atoms with E-state index in [4.69, 9.17) is 11.6 Å². The molecule has 0 saturated heterocycles. The summed E-state index contributed by atoms with van der Waals surface area (Å²) >= 11 is 6.05. The van der Waals surface area contributed by atoms with Crippen LogP contribution < -0.4 is 10.6 Å². The first kappa shape index (κ1) is 14.5. The first-order valence-corrected chi connectivity index (χ1v) is 6.48. The predicted octanol–water partition coefficient (Wildman–Crippen LogP) is 1.88. The highest BCUT2D eigenvalue weighted by atomic mass is 35.5.